The van der Waals surface area contributed by atoms with E-state index < -0.39 is 11.7 Å². The lowest BCUT2D eigenvalue weighted by Gasteiger charge is -2.32. The zero-order valence-corrected chi connectivity index (χ0v) is 19.3. The van der Waals surface area contributed by atoms with Crippen molar-refractivity contribution in [2.75, 3.05) is 18.8 Å². The standard InChI is InChI=1S/C24H21F3N6OS/c1-2-19(34)32-11-3-4-16(12-32)33-23-20(22(28)29-13-30-23)21(31-33)18-10-9-17(35-18)14-5-7-15(8-6-14)24(25,26)27/h2,5-10,13,16H,1,3-4,11-12H2,(H2,28,29,30). The summed E-state index contributed by atoms with van der Waals surface area (Å²) < 4.78 is 40.6. The first kappa shape index (κ1) is 23.0. The molecule has 35 heavy (non-hydrogen) atoms. The number of carbonyl (C=O) groups excluding carboxylic acids is 1. The lowest BCUT2D eigenvalue weighted by molar-refractivity contribution is -0.137. The molecule has 1 amide bonds. The predicted molar refractivity (Wildman–Crippen MR) is 129 cm³/mol. The zero-order chi connectivity index (χ0) is 24.7. The van der Waals surface area contributed by atoms with Gasteiger partial charge in [-0.1, -0.05) is 18.7 Å². The zero-order valence-electron chi connectivity index (χ0n) is 18.5. The average molecular weight is 499 g/mol. The molecule has 7 nitrogen and oxygen atoms in total. The number of benzene rings is 1. The molecule has 1 aliphatic heterocycles. The molecule has 1 unspecified atom stereocenters. The smallest absolute Gasteiger partial charge is 0.383 e. The monoisotopic (exact) mass is 498 g/mol. The second-order valence-corrected chi connectivity index (χ2v) is 9.36. The molecule has 0 spiro atoms. The van der Waals surface area contributed by atoms with Crippen LogP contribution < -0.4 is 5.73 Å². The van der Waals surface area contributed by atoms with E-state index in [1.165, 1.54) is 35.9 Å². The lowest BCUT2D eigenvalue weighted by Crippen LogP contribution is -2.40. The van der Waals surface area contributed by atoms with Crippen LogP contribution in [0, 0.1) is 0 Å². The highest BCUT2D eigenvalue weighted by Crippen LogP contribution is 2.40. The van der Waals surface area contributed by atoms with Crippen LogP contribution in [0.4, 0.5) is 19.0 Å². The summed E-state index contributed by atoms with van der Waals surface area (Å²) in [6, 6.07) is 8.68. The van der Waals surface area contributed by atoms with Crippen LogP contribution in [-0.2, 0) is 11.0 Å². The highest BCUT2D eigenvalue weighted by atomic mass is 32.1. The van der Waals surface area contributed by atoms with Gasteiger partial charge in [0.1, 0.15) is 17.8 Å². The van der Waals surface area contributed by atoms with Crippen LogP contribution in [0.5, 0.6) is 0 Å². The SMILES string of the molecule is C=CC(=O)N1CCCC(n2nc(-c3ccc(-c4ccc(C(F)(F)F)cc4)s3)c3c(N)ncnc32)C1. The van der Waals surface area contributed by atoms with Crippen molar-refractivity contribution in [3.8, 4) is 21.0 Å². The first-order valence-corrected chi connectivity index (χ1v) is 11.8. The molecule has 11 heteroatoms. The summed E-state index contributed by atoms with van der Waals surface area (Å²) in [7, 11) is 0. The summed E-state index contributed by atoms with van der Waals surface area (Å²) >= 11 is 1.40. The highest BCUT2D eigenvalue weighted by molar-refractivity contribution is 7.18. The van der Waals surface area contributed by atoms with Gasteiger partial charge in [0.25, 0.3) is 0 Å². The maximum Gasteiger partial charge on any atom is 0.416 e. The first-order chi connectivity index (χ1) is 16.8. The molecular formula is C24H21F3N6OS. The Labute approximate surface area is 202 Å². The maximum absolute atomic E-state index is 12.9. The van der Waals surface area contributed by atoms with Gasteiger partial charge in [0.15, 0.2) is 5.65 Å². The first-order valence-electron chi connectivity index (χ1n) is 10.9. The average Bonchev–Trinajstić information content (AvgIpc) is 3.49. The molecule has 0 bridgehead atoms. The fourth-order valence-corrected chi connectivity index (χ4v) is 5.35. The second kappa shape index (κ2) is 8.81. The molecule has 0 saturated carbocycles. The van der Waals surface area contributed by atoms with Crippen molar-refractivity contribution in [2.45, 2.75) is 25.1 Å². The summed E-state index contributed by atoms with van der Waals surface area (Å²) in [5.74, 6) is 0.163. The number of nitrogens with two attached hydrogens (primary N) is 1. The minimum Gasteiger partial charge on any atom is -0.383 e. The van der Waals surface area contributed by atoms with Crippen LogP contribution in [0.3, 0.4) is 0 Å². The van der Waals surface area contributed by atoms with Crippen LogP contribution in [0.1, 0.15) is 24.4 Å². The number of piperidine rings is 1. The third-order valence-corrected chi connectivity index (χ3v) is 7.22. The Bertz CT molecular complexity index is 1410. The third-order valence-electron chi connectivity index (χ3n) is 6.08. The molecule has 2 N–H and O–H groups in total. The Balaban J connectivity index is 1.53. The van der Waals surface area contributed by atoms with Crippen molar-refractivity contribution in [3.63, 3.8) is 0 Å². The van der Waals surface area contributed by atoms with E-state index in [9.17, 15) is 18.0 Å². The number of hydrogen-bond donors (Lipinski definition) is 1. The summed E-state index contributed by atoms with van der Waals surface area (Å²) in [5, 5.41) is 5.46. The van der Waals surface area contributed by atoms with E-state index in [1.54, 1.807) is 4.90 Å². The van der Waals surface area contributed by atoms with E-state index in [1.807, 2.05) is 16.8 Å². The summed E-state index contributed by atoms with van der Waals surface area (Å²) in [5.41, 5.74) is 7.39. The minimum absolute atomic E-state index is 0.0902. The number of nitrogens with zero attached hydrogens (tertiary/aromatic N) is 5. The van der Waals surface area contributed by atoms with Gasteiger partial charge in [-0.05, 0) is 48.7 Å². The van der Waals surface area contributed by atoms with E-state index in [4.69, 9.17) is 10.8 Å². The number of alkyl halides is 3. The molecule has 0 radical (unpaired) electrons. The van der Waals surface area contributed by atoms with E-state index in [0.29, 0.717) is 35.4 Å². The molecule has 180 valence electrons. The molecular weight excluding hydrogens is 477 g/mol. The van der Waals surface area contributed by atoms with Crippen molar-refractivity contribution in [1.29, 1.82) is 0 Å². The van der Waals surface area contributed by atoms with Gasteiger partial charge in [-0.3, -0.25) is 4.79 Å². The van der Waals surface area contributed by atoms with Crippen LogP contribution >= 0.6 is 11.3 Å². The van der Waals surface area contributed by atoms with Gasteiger partial charge in [0.05, 0.1) is 21.9 Å². The van der Waals surface area contributed by atoms with Gasteiger partial charge >= 0.3 is 6.18 Å². The second-order valence-electron chi connectivity index (χ2n) is 8.27. The number of thiophene rings is 1. The number of likely N-dealkylation sites (tertiary alicyclic amines) is 1. The maximum atomic E-state index is 12.9. The van der Waals surface area contributed by atoms with Crippen molar-refractivity contribution >= 4 is 34.1 Å². The molecule has 1 saturated heterocycles. The van der Waals surface area contributed by atoms with E-state index in [-0.39, 0.29) is 17.8 Å². The molecule has 1 aromatic carbocycles. The number of anilines is 1. The molecule has 1 fully saturated rings. The highest BCUT2D eigenvalue weighted by Gasteiger charge is 2.30. The summed E-state index contributed by atoms with van der Waals surface area (Å²) in [4.78, 5) is 24.1. The Morgan fingerprint density at radius 2 is 1.89 bits per heavy atom. The Kier molecular flexibility index (Phi) is 5.79. The van der Waals surface area contributed by atoms with E-state index >= 15 is 0 Å². The number of aromatic nitrogens is 4. The Morgan fingerprint density at radius 3 is 2.60 bits per heavy atom. The molecule has 1 aliphatic rings. The number of hydrogen-bond acceptors (Lipinski definition) is 6. The number of carbonyl (C=O) groups is 1. The van der Waals surface area contributed by atoms with Crippen molar-refractivity contribution in [2.24, 2.45) is 0 Å². The number of amides is 1. The third kappa shape index (κ3) is 4.27. The Hall–Kier alpha value is -3.73. The normalized spacial score (nSPS) is 16.5. The van der Waals surface area contributed by atoms with Crippen LogP contribution in [0.2, 0.25) is 0 Å². The summed E-state index contributed by atoms with van der Waals surface area (Å²) in [6.45, 7) is 4.71. The molecule has 1 atom stereocenters. The van der Waals surface area contributed by atoms with Gasteiger partial charge < -0.3 is 10.6 Å². The van der Waals surface area contributed by atoms with Crippen LogP contribution in [-0.4, -0.2) is 43.6 Å². The lowest BCUT2D eigenvalue weighted by atomic mass is 10.1. The number of fused-ring (bicyclic) bond motifs is 1. The number of rotatable bonds is 4. The van der Waals surface area contributed by atoms with Crippen molar-refractivity contribution in [3.05, 3.63) is 60.9 Å². The van der Waals surface area contributed by atoms with Crippen LogP contribution in [0.15, 0.2) is 55.4 Å². The molecule has 4 heterocycles. The minimum atomic E-state index is -4.38. The molecule has 5 rings (SSSR count). The van der Waals surface area contributed by atoms with Crippen molar-refractivity contribution in [1.82, 2.24) is 24.6 Å². The molecule has 3 aromatic heterocycles. The predicted octanol–water partition coefficient (Wildman–Crippen LogP) is 5.17. The molecule has 0 aliphatic carbocycles. The largest absolute Gasteiger partial charge is 0.416 e. The van der Waals surface area contributed by atoms with Crippen molar-refractivity contribution < 1.29 is 18.0 Å². The quantitative estimate of drug-likeness (QED) is 0.392. The molecule has 4 aromatic rings. The van der Waals surface area contributed by atoms with E-state index in [0.717, 1.165) is 34.7 Å². The van der Waals surface area contributed by atoms with Gasteiger partial charge in [0.2, 0.25) is 5.91 Å². The van der Waals surface area contributed by atoms with Gasteiger partial charge in [0, 0.05) is 18.0 Å². The fourth-order valence-electron chi connectivity index (χ4n) is 4.35. The van der Waals surface area contributed by atoms with Crippen LogP contribution in [0.25, 0.3) is 32.0 Å². The Morgan fingerprint density at radius 1 is 1.14 bits per heavy atom. The topological polar surface area (TPSA) is 89.9 Å². The summed E-state index contributed by atoms with van der Waals surface area (Å²) in [6.07, 6.45) is -0.0466. The van der Waals surface area contributed by atoms with E-state index in [2.05, 4.69) is 16.5 Å². The fraction of sp³-hybridized carbons (Fsp3) is 0.250. The van der Waals surface area contributed by atoms with Gasteiger partial charge in [-0.15, -0.1) is 11.3 Å². The van der Waals surface area contributed by atoms with Gasteiger partial charge in [-0.25, -0.2) is 14.6 Å². The van der Waals surface area contributed by atoms with Gasteiger partial charge in [-0.2, -0.15) is 18.3 Å². The number of halogens is 3. The number of nitrogen functional groups attached to an aromatic ring is 1.